The average Bonchev–Trinajstić information content (AvgIpc) is 3.16. The maximum Gasteiger partial charge on any atom is 0.416 e. The lowest BCUT2D eigenvalue weighted by Crippen LogP contribution is -2.40. The van der Waals surface area contributed by atoms with E-state index >= 15 is 0 Å². The first-order valence-corrected chi connectivity index (χ1v) is 9.30. The lowest BCUT2D eigenvalue weighted by Gasteiger charge is -2.27. The molecule has 0 aliphatic carbocycles. The van der Waals surface area contributed by atoms with E-state index in [0.29, 0.717) is 36.6 Å². The van der Waals surface area contributed by atoms with Crippen LogP contribution in [0.5, 0.6) is 0 Å². The number of rotatable bonds is 7. The first-order chi connectivity index (χ1) is 13.8. The number of aliphatic carboxylic acids is 1. The lowest BCUT2D eigenvalue weighted by molar-refractivity contribution is -0.142. The van der Waals surface area contributed by atoms with Crippen molar-refractivity contribution in [2.45, 2.75) is 19.0 Å². The Kier molecular flexibility index (Phi) is 6.58. The summed E-state index contributed by atoms with van der Waals surface area (Å²) in [5.74, 6) is -0.124. The summed E-state index contributed by atoms with van der Waals surface area (Å²) < 4.78 is 44.0. The minimum atomic E-state index is -4.41. The summed E-state index contributed by atoms with van der Waals surface area (Å²) in [6.45, 7) is 1.87. The van der Waals surface area contributed by atoms with Crippen molar-refractivity contribution in [3.05, 3.63) is 47.7 Å². The van der Waals surface area contributed by atoms with Crippen LogP contribution in [0.1, 0.15) is 24.2 Å². The first kappa shape index (κ1) is 20.9. The number of hydrazone groups is 1. The molecule has 3 N–H and O–H groups in total. The zero-order valence-electron chi connectivity index (χ0n) is 15.6. The summed E-state index contributed by atoms with van der Waals surface area (Å²) >= 11 is 0. The number of carboxylic acids is 1. The smallest absolute Gasteiger partial charge is 0.416 e. The quantitative estimate of drug-likeness (QED) is 0.370. The number of piperidine rings is 1. The fourth-order valence-corrected chi connectivity index (χ4v) is 3.31. The van der Waals surface area contributed by atoms with Crippen molar-refractivity contribution in [3.63, 3.8) is 0 Å². The van der Waals surface area contributed by atoms with Crippen LogP contribution in [0.25, 0.3) is 11.3 Å². The van der Waals surface area contributed by atoms with Crippen molar-refractivity contribution < 1.29 is 27.5 Å². The highest BCUT2D eigenvalue weighted by molar-refractivity contribution is 5.77. The topological polar surface area (TPSA) is 86.9 Å². The van der Waals surface area contributed by atoms with Gasteiger partial charge in [-0.25, -0.2) is 0 Å². The normalized spacial score (nSPS) is 20.1. The molecule has 1 aliphatic rings. The lowest BCUT2D eigenvalue weighted by atomic mass is 9.88. The second-order valence-electron chi connectivity index (χ2n) is 7.03. The minimum Gasteiger partial charge on any atom is -0.481 e. The van der Waals surface area contributed by atoms with Gasteiger partial charge in [0.05, 0.1) is 17.7 Å². The van der Waals surface area contributed by atoms with Gasteiger partial charge in [-0.05, 0) is 49.6 Å². The van der Waals surface area contributed by atoms with Crippen LogP contribution in [-0.4, -0.2) is 36.9 Å². The van der Waals surface area contributed by atoms with Crippen LogP contribution in [0.2, 0.25) is 0 Å². The predicted molar refractivity (Wildman–Crippen MR) is 101 cm³/mol. The van der Waals surface area contributed by atoms with Gasteiger partial charge in [0.1, 0.15) is 11.5 Å². The summed E-state index contributed by atoms with van der Waals surface area (Å²) in [7, 11) is 0. The Labute approximate surface area is 165 Å². The summed E-state index contributed by atoms with van der Waals surface area (Å²) in [6, 6.07) is 8.17. The molecule has 29 heavy (non-hydrogen) atoms. The highest BCUT2D eigenvalue weighted by Crippen LogP contribution is 2.32. The van der Waals surface area contributed by atoms with Crippen molar-refractivity contribution >= 4 is 12.2 Å². The van der Waals surface area contributed by atoms with E-state index in [0.717, 1.165) is 25.1 Å². The van der Waals surface area contributed by atoms with Crippen molar-refractivity contribution in [3.8, 4) is 11.3 Å². The minimum absolute atomic E-state index is 0.267. The maximum atomic E-state index is 12.8. The zero-order valence-corrected chi connectivity index (χ0v) is 15.6. The van der Waals surface area contributed by atoms with Gasteiger partial charge in [-0.2, -0.15) is 18.3 Å². The van der Waals surface area contributed by atoms with Gasteiger partial charge in [0.2, 0.25) is 0 Å². The molecule has 9 heteroatoms. The molecule has 156 valence electrons. The molecule has 1 aliphatic heterocycles. The zero-order chi connectivity index (χ0) is 20.9. The molecule has 2 heterocycles. The van der Waals surface area contributed by atoms with E-state index in [1.165, 1.54) is 12.3 Å². The Morgan fingerprint density at radius 1 is 1.31 bits per heavy atom. The van der Waals surface area contributed by atoms with Crippen molar-refractivity contribution in [1.29, 1.82) is 0 Å². The van der Waals surface area contributed by atoms with Gasteiger partial charge < -0.3 is 20.3 Å². The second-order valence-corrected chi connectivity index (χ2v) is 7.03. The molecule has 1 saturated heterocycles. The van der Waals surface area contributed by atoms with Crippen LogP contribution in [0.15, 0.2) is 45.9 Å². The SMILES string of the molecule is O=C(O)[C@H]1CNC[C@@H](CCN/N=C/c2ccc(-c3cccc(C(F)(F)F)c3)o2)C1. The van der Waals surface area contributed by atoms with Crippen molar-refractivity contribution in [2.24, 2.45) is 16.9 Å². The van der Waals surface area contributed by atoms with E-state index < -0.39 is 17.7 Å². The fraction of sp³-hybridized carbons (Fsp3) is 0.400. The molecule has 0 unspecified atom stereocenters. The average molecular weight is 409 g/mol. The fourth-order valence-electron chi connectivity index (χ4n) is 3.31. The number of benzene rings is 1. The largest absolute Gasteiger partial charge is 0.481 e. The molecule has 1 aromatic carbocycles. The summed E-state index contributed by atoms with van der Waals surface area (Å²) in [4.78, 5) is 11.1. The number of carboxylic acid groups (broad SMARTS) is 1. The maximum absolute atomic E-state index is 12.8. The van der Waals surface area contributed by atoms with Gasteiger partial charge in [0, 0.05) is 18.7 Å². The Balaban J connectivity index is 1.49. The molecule has 1 aromatic heterocycles. The Morgan fingerprint density at radius 2 is 2.14 bits per heavy atom. The molecule has 0 radical (unpaired) electrons. The molecule has 6 nitrogen and oxygen atoms in total. The Bertz CT molecular complexity index is 864. The number of hydrogen-bond donors (Lipinski definition) is 3. The van der Waals surface area contributed by atoms with E-state index in [2.05, 4.69) is 15.8 Å². The Hall–Kier alpha value is -2.81. The van der Waals surface area contributed by atoms with E-state index in [4.69, 9.17) is 9.52 Å². The third kappa shape index (κ3) is 5.83. The van der Waals surface area contributed by atoms with Gasteiger partial charge in [-0.1, -0.05) is 12.1 Å². The van der Waals surface area contributed by atoms with Gasteiger partial charge in [0.15, 0.2) is 0 Å². The molecule has 0 saturated carbocycles. The van der Waals surface area contributed by atoms with Crippen molar-refractivity contribution in [2.75, 3.05) is 19.6 Å². The second kappa shape index (κ2) is 9.13. The van der Waals surface area contributed by atoms with Crippen LogP contribution < -0.4 is 10.7 Å². The van der Waals surface area contributed by atoms with Crippen LogP contribution in [0.3, 0.4) is 0 Å². The number of carbonyl (C=O) groups is 1. The van der Waals surface area contributed by atoms with E-state index in [9.17, 15) is 18.0 Å². The highest BCUT2D eigenvalue weighted by Gasteiger charge is 2.30. The monoisotopic (exact) mass is 409 g/mol. The number of nitrogens with zero attached hydrogens (tertiary/aromatic N) is 1. The first-order valence-electron chi connectivity index (χ1n) is 9.30. The molecule has 0 spiro atoms. The number of halogens is 3. The number of nitrogens with one attached hydrogen (secondary N) is 2. The van der Waals surface area contributed by atoms with Gasteiger partial charge in [-0.15, -0.1) is 0 Å². The molecular formula is C20H22F3N3O3. The van der Waals surface area contributed by atoms with Crippen LogP contribution in [-0.2, 0) is 11.0 Å². The molecule has 1 fully saturated rings. The number of furan rings is 1. The van der Waals surface area contributed by atoms with E-state index in [1.807, 2.05) is 0 Å². The molecule has 0 amide bonds. The highest BCUT2D eigenvalue weighted by atomic mass is 19.4. The van der Waals surface area contributed by atoms with Crippen LogP contribution >= 0.6 is 0 Å². The summed E-state index contributed by atoms with van der Waals surface area (Å²) in [6.07, 6.45) is -1.53. The summed E-state index contributed by atoms with van der Waals surface area (Å²) in [5, 5.41) is 16.3. The van der Waals surface area contributed by atoms with Crippen molar-refractivity contribution in [1.82, 2.24) is 10.7 Å². The number of alkyl halides is 3. The number of hydrogen-bond acceptors (Lipinski definition) is 5. The van der Waals surface area contributed by atoms with Gasteiger partial charge in [0.25, 0.3) is 0 Å². The molecule has 0 bridgehead atoms. The summed E-state index contributed by atoms with van der Waals surface area (Å²) in [5.41, 5.74) is 2.50. The van der Waals surface area contributed by atoms with Gasteiger partial charge >= 0.3 is 12.1 Å². The standard InChI is InChI=1S/C20H22F3N3O3/c21-20(22,23)16-3-1-2-14(9-16)18-5-4-17(29-18)12-26-25-7-6-13-8-15(19(27)28)11-24-10-13/h1-5,9,12-13,15,24-25H,6-8,10-11H2,(H,27,28)/b26-12+/t13-,15+/m0/s1. The molecular weight excluding hydrogens is 387 g/mol. The predicted octanol–water partition coefficient (Wildman–Crippen LogP) is 3.59. The molecule has 2 aromatic rings. The third-order valence-electron chi connectivity index (χ3n) is 4.84. The van der Waals surface area contributed by atoms with E-state index in [-0.39, 0.29) is 11.8 Å². The molecule has 3 rings (SSSR count). The van der Waals surface area contributed by atoms with E-state index in [1.54, 1.807) is 18.2 Å². The van der Waals surface area contributed by atoms with Gasteiger partial charge in [-0.3, -0.25) is 4.79 Å². The molecule has 2 atom stereocenters. The Morgan fingerprint density at radius 3 is 2.90 bits per heavy atom. The van der Waals surface area contributed by atoms with Crippen LogP contribution in [0, 0.1) is 11.8 Å². The van der Waals surface area contributed by atoms with Crippen LogP contribution in [0.4, 0.5) is 13.2 Å². The third-order valence-corrected chi connectivity index (χ3v) is 4.84.